The van der Waals surface area contributed by atoms with Crippen molar-refractivity contribution in [3.8, 4) is 11.5 Å². The van der Waals surface area contributed by atoms with Gasteiger partial charge in [0, 0.05) is 6.07 Å². The second kappa shape index (κ2) is 6.37. The van der Waals surface area contributed by atoms with Crippen molar-refractivity contribution in [1.29, 1.82) is 0 Å². The molecular formula is C19H16O5. The Balaban J connectivity index is 1.58. The maximum Gasteiger partial charge on any atom is 0.339 e. The third kappa shape index (κ3) is 3.41. The summed E-state index contributed by atoms with van der Waals surface area (Å²) in [4.78, 5) is 11.8. The lowest BCUT2D eigenvalue weighted by Crippen LogP contribution is -2.05. The lowest BCUT2D eigenvalue weighted by molar-refractivity contribution is 0.263. The van der Waals surface area contributed by atoms with Crippen molar-refractivity contribution < 1.29 is 18.6 Å². The van der Waals surface area contributed by atoms with Crippen molar-refractivity contribution in [3.63, 3.8) is 0 Å². The van der Waals surface area contributed by atoms with Crippen LogP contribution >= 0.6 is 0 Å². The van der Waals surface area contributed by atoms with Crippen molar-refractivity contribution in [2.45, 2.75) is 12.7 Å². The molecule has 1 aliphatic heterocycles. The van der Waals surface area contributed by atoms with Gasteiger partial charge in [0.15, 0.2) is 0 Å². The molecule has 5 heteroatoms. The zero-order valence-electron chi connectivity index (χ0n) is 12.9. The van der Waals surface area contributed by atoms with Crippen LogP contribution in [0, 0.1) is 0 Å². The van der Waals surface area contributed by atoms with Crippen LogP contribution in [0.15, 0.2) is 63.8 Å². The van der Waals surface area contributed by atoms with Gasteiger partial charge in [-0.15, -0.1) is 0 Å². The number of hydrogen-bond acceptors (Lipinski definition) is 5. The summed E-state index contributed by atoms with van der Waals surface area (Å²) in [6.07, 6.45) is 0.174. The summed E-state index contributed by atoms with van der Waals surface area (Å²) in [6.45, 7) is 1.62. The van der Waals surface area contributed by atoms with E-state index in [4.69, 9.17) is 18.6 Å². The molecule has 0 radical (unpaired) electrons. The second-order valence-corrected chi connectivity index (χ2v) is 5.63. The fraction of sp³-hybridized carbons (Fsp3) is 0.211. The number of benzene rings is 2. The monoisotopic (exact) mass is 324 g/mol. The molecule has 1 atom stereocenters. The SMILES string of the molecule is O=c1cc(OCc2ccccc2)c2ccc(OCC3CO3)cc2o1. The van der Waals surface area contributed by atoms with Crippen LogP contribution in [0.5, 0.6) is 11.5 Å². The molecule has 24 heavy (non-hydrogen) atoms. The van der Waals surface area contributed by atoms with Gasteiger partial charge in [0.2, 0.25) is 0 Å². The molecule has 0 saturated carbocycles. The normalized spacial score (nSPS) is 16.1. The predicted octanol–water partition coefficient (Wildman–Crippen LogP) is 3.15. The van der Waals surface area contributed by atoms with E-state index in [0.29, 0.717) is 30.3 Å². The highest BCUT2D eigenvalue weighted by atomic mass is 16.6. The Morgan fingerprint density at radius 2 is 1.88 bits per heavy atom. The first-order valence-corrected chi connectivity index (χ1v) is 7.77. The minimum absolute atomic E-state index is 0.174. The van der Waals surface area contributed by atoms with Crippen LogP contribution < -0.4 is 15.1 Å². The molecule has 1 aliphatic rings. The zero-order valence-corrected chi connectivity index (χ0v) is 12.9. The summed E-state index contributed by atoms with van der Waals surface area (Å²) in [7, 11) is 0. The van der Waals surface area contributed by atoms with Gasteiger partial charge < -0.3 is 18.6 Å². The van der Waals surface area contributed by atoms with Gasteiger partial charge in [0.25, 0.3) is 0 Å². The maximum atomic E-state index is 11.8. The van der Waals surface area contributed by atoms with Gasteiger partial charge in [-0.25, -0.2) is 4.79 Å². The Morgan fingerprint density at radius 3 is 2.67 bits per heavy atom. The summed E-state index contributed by atoms with van der Waals surface area (Å²) in [5.74, 6) is 1.14. The third-order valence-electron chi connectivity index (χ3n) is 3.75. The van der Waals surface area contributed by atoms with E-state index in [1.54, 1.807) is 6.07 Å². The average Bonchev–Trinajstić information content (AvgIpc) is 3.43. The molecule has 0 spiro atoms. The van der Waals surface area contributed by atoms with Gasteiger partial charge in [0.1, 0.15) is 36.4 Å². The largest absolute Gasteiger partial charge is 0.491 e. The van der Waals surface area contributed by atoms with E-state index < -0.39 is 5.63 Å². The fourth-order valence-corrected chi connectivity index (χ4v) is 2.41. The number of ether oxygens (including phenoxy) is 3. The van der Waals surface area contributed by atoms with E-state index in [-0.39, 0.29) is 6.10 Å². The van der Waals surface area contributed by atoms with E-state index >= 15 is 0 Å². The molecule has 2 aromatic carbocycles. The number of rotatable bonds is 6. The molecule has 0 bridgehead atoms. The third-order valence-corrected chi connectivity index (χ3v) is 3.75. The van der Waals surface area contributed by atoms with Crippen LogP contribution in [0.25, 0.3) is 11.0 Å². The number of epoxide rings is 1. The Bertz CT molecular complexity index is 897. The fourth-order valence-electron chi connectivity index (χ4n) is 2.41. The summed E-state index contributed by atoms with van der Waals surface area (Å²) < 4.78 is 21.8. The van der Waals surface area contributed by atoms with Crippen molar-refractivity contribution in [1.82, 2.24) is 0 Å². The molecule has 2 heterocycles. The van der Waals surface area contributed by atoms with E-state index in [1.807, 2.05) is 42.5 Å². The van der Waals surface area contributed by atoms with Gasteiger partial charge in [0.05, 0.1) is 18.1 Å². The minimum atomic E-state index is -0.451. The molecule has 3 aromatic rings. The molecule has 4 rings (SSSR count). The van der Waals surface area contributed by atoms with Crippen LogP contribution in [-0.2, 0) is 11.3 Å². The molecule has 0 aliphatic carbocycles. The molecule has 1 aromatic heterocycles. The number of hydrogen-bond donors (Lipinski definition) is 0. The second-order valence-electron chi connectivity index (χ2n) is 5.63. The predicted molar refractivity (Wildman–Crippen MR) is 88.5 cm³/mol. The van der Waals surface area contributed by atoms with E-state index in [0.717, 1.165) is 17.6 Å². The standard InChI is InChI=1S/C19H16O5/c20-19-9-17(23-10-13-4-2-1-3-5-13)16-7-6-14(8-18(16)24-19)21-11-15-12-22-15/h1-9,15H,10-12H2. The molecule has 1 fully saturated rings. The summed E-state index contributed by atoms with van der Waals surface area (Å²) in [6, 6.07) is 16.5. The highest BCUT2D eigenvalue weighted by molar-refractivity contribution is 5.84. The van der Waals surface area contributed by atoms with Crippen LogP contribution in [0.2, 0.25) is 0 Å². The van der Waals surface area contributed by atoms with Crippen molar-refractivity contribution in [2.75, 3.05) is 13.2 Å². The highest BCUT2D eigenvalue weighted by Crippen LogP contribution is 2.28. The lowest BCUT2D eigenvalue weighted by atomic mass is 10.2. The lowest BCUT2D eigenvalue weighted by Gasteiger charge is -2.10. The van der Waals surface area contributed by atoms with Crippen LogP contribution in [0.1, 0.15) is 5.56 Å². The van der Waals surface area contributed by atoms with Crippen LogP contribution in [0.4, 0.5) is 0 Å². The van der Waals surface area contributed by atoms with Crippen molar-refractivity contribution >= 4 is 11.0 Å². The Hall–Kier alpha value is -2.79. The Labute approximate surface area is 138 Å². The Morgan fingerprint density at radius 1 is 1.04 bits per heavy atom. The molecule has 122 valence electrons. The van der Waals surface area contributed by atoms with Gasteiger partial charge in [-0.1, -0.05) is 30.3 Å². The van der Waals surface area contributed by atoms with Gasteiger partial charge in [-0.3, -0.25) is 0 Å². The van der Waals surface area contributed by atoms with Gasteiger partial charge in [-0.2, -0.15) is 0 Å². The first-order chi connectivity index (χ1) is 11.8. The van der Waals surface area contributed by atoms with Crippen LogP contribution in [0.3, 0.4) is 0 Å². The molecule has 0 N–H and O–H groups in total. The minimum Gasteiger partial charge on any atom is -0.491 e. The van der Waals surface area contributed by atoms with Gasteiger partial charge >= 0.3 is 5.63 Å². The van der Waals surface area contributed by atoms with E-state index in [2.05, 4.69) is 0 Å². The summed E-state index contributed by atoms with van der Waals surface area (Å²) >= 11 is 0. The van der Waals surface area contributed by atoms with Crippen LogP contribution in [-0.4, -0.2) is 19.3 Å². The molecule has 1 unspecified atom stereocenters. The first kappa shape index (κ1) is 14.8. The van der Waals surface area contributed by atoms with Crippen molar-refractivity contribution in [3.05, 3.63) is 70.6 Å². The van der Waals surface area contributed by atoms with E-state index in [1.165, 1.54) is 6.07 Å². The first-order valence-electron chi connectivity index (χ1n) is 7.77. The quantitative estimate of drug-likeness (QED) is 0.515. The highest BCUT2D eigenvalue weighted by Gasteiger charge is 2.23. The number of fused-ring (bicyclic) bond motifs is 1. The topological polar surface area (TPSA) is 61.2 Å². The Kier molecular flexibility index (Phi) is 3.92. The smallest absolute Gasteiger partial charge is 0.339 e. The average molecular weight is 324 g/mol. The summed E-state index contributed by atoms with van der Waals surface area (Å²) in [5.41, 5.74) is 1.02. The molecular weight excluding hydrogens is 308 g/mol. The zero-order chi connectivity index (χ0) is 16.4. The van der Waals surface area contributed by atoms with E-state index in [9.17, 15) is 4.79 Å². The molecule has 0 amide bonds. The maximum absolute atomic E-state index is 11.8. The molecule has 1 saturated heterocycles. The van der Waals surface area contributed by atoms with Gasteiger partial charge in [-0.05, 0) is 17.7 Å². The summed E-state index contributed by atoms with van der Waals surface area (Å²) in [5, 5.41) is 0.737. The van der Waals surface area contributed by atoms with Crippen molar-refractivity contribution in [2.24, 2.45) is 0 Å². The molecule has 5 nitrogen and oxygen atoms in total.